The van der Waals surface area contributed by atoms with Crippen LogP contribution >= 0.6 is 0 Å². The molecule has 2 saturated heterocycles. The van der Waals surface area contributed by atoms with E-state index in [2.05, 4.69) is 0 Å². The first-order valence-electron chi connectivity index (χ1n) is 8.76. The van der Waals surface area contributed by atoms with Crippen molar-refractivity contribution in [1.82, 2.24) is 0 Å². The lowest BCUT2D eigenvalue weighted by molar-refractivity contribution is -0.595. The minimum atomic E-state index is -0.902. The summed E-state index contributed by atoms with van der Waals surface area (Å²) >= 11 is 0. The Kier molecular flexibility index (Phi) is 4.64. The first-order valence-corrected chi connectivity index (χ1v) is 8.76. The molecule has 0 spiro atoms. The van der Waals surface area contributed by atoms with E-state index in [1.165, 1.54) is 19.3 Å². The minimum Gasteiger partial charge on any atom is -0.311 e. The molecule has 4 rings (SSSR count). The predicted molar refractivity (Wildman–Crippen MR) is 81.5 cm³/mol. The second-order valence-corrected chi connectivity index (χ2v) is 6.70. The first kappa shape index (κ1) is 15.5. The monoisotopic (exact) mass is 320 g/mol. The van der Waals surface area contributed by atoms with E-state index in [0.29, 0.717) is 5.92 Å². The van der Waals surface area contributed by atoms with Gasteiger partial charge in [0.1, 0.15) is 0 Å². The van der Waals surface area contributed by atoms with E-state index in [1.807, 2.05) is 30.3 Å². The fourth-order valence-electron chi connectivity index (χ4n) is 3.73. The van der Waals surface area contributed by atoms with E-state index in [-0.39, 0.29) is 0 Å². The largest absolute Gasteiger partial charge is 0.311 e. The number of rotatable bonds is 2. The highest BCUT2D eigenvalue weighted by Crippen LogP contribution is 2.42. The fraction of sp³-hybridized carbons (Fsp3) is 0.667. The van der Waals surface area contributed by atoms with Gasteiger partial charge in [0.05, 0.1) is 0 Å². The Labute approximate surface area is 136 Å². The van der Waals surface area contributed by atoms with E-state index in [1.54, 1.807) is 0 Å². The van der Waals surface area contributed by atoms with Crippen LogP contribution in [0.15, 0.2) is 30.3 Å². The van der Waals surface area contributed by atoms with Crippen molar-refractivity contribution in [1.29, 1.82) is 0 Å². The average molecular weight is 320 g/mol. The average Bonchev–Trinajstić information content (AvgIpc) is 2.62. The van der Waals surface area contributed by atoms with Gasteiger partial charge in [-0.2, -0.15) is 14.7 Å². The molecule has 0 amide bonds. The number of hydrogen-bond acceptors (Lipinski definition) is 5. The smallest absolute Gasteiger partial charge is 0.230 e. The Morgan fingerprint density at radius 2 is 1.65 bits per heavy atom. The normalized spacial score (nSPS) is 36.2. The molecule has 5 heteroatoms. The van der Waals surface area contributed by atoms with Crippen LogP contribution in [0.2, 0.25) is 0 Å². The third kappa shape index (κ3) is 3.30. The Bertz CT molecular complexity index is 501. The topological polar surface area (TPSA) is 46.2 Å². The zero-order valence-corrected chi connectivity index (χ0v) is 13.3. The van der Waals surface area contributed by atoms with Gasteiger partial charge in [0.25, 0.3) is 0 Å². The lowest BCUT2D eigenvalue weighted by Gasteiger charge is -2.42. The maximum Gasteiger partial charge on any atom is 0.230 e. The van der Waals surface area contributed by atoms with E-state index in [9.17, 15) is 0 Å². The highest BCUT2D eigenvalue weighted by atomic mass is 17.3. The molecule has 2 bridgehead atoms. The Morgan fingerprint density at radius 1 is 0.826 bits per heavy atom. The van der Waals surface area contributed by atoms with E-state index < -0.39 is 18.4 Å². The number of fused-ring (bicyclic) bond motifs is 2. The van der Waals surface area contributed by atoms with Crippen LogP contribution in [0.5, 0.6) is 0 Å². The molecule has 0 aromatic heterocycles. The van der Waals surface area contributed by atoms with Crippen molar-refractivity contribution in [2.45, 2.75) is 69.7 Å². The number of hydrogen-bond donors (Lipinski definition) is 0. The first-order chi connectivity index (χ1) is 11.4. The molecule has 1 aromatic carbocycles. The third-order valence-corrected chi connectivity index (χ3v) is 5.05. The summed E-state index contributed by atoms with van der Waals surface area (Å²) in [5.74, 6) is -0.587. The van der Waals surface area contributed by atoms with Crippen LogP contribution in [0.4, 0.5) is 0 Å². The van der Waals surface area contributed by atoms with Crippen molar-refractivity contribution >= 4 is 0 Å². The maximum atomic E-state index is 6.04. The van der Waals surface area contributed by atoms with Gasteiger partial charge in [0, 0.05) is 24.3 Å². The van der Waals surface area contributed by atoms with Gasteiger partial charge in [-0.1, -0.05) is 49.6 Å². The standard InChI is InChI=1S/C18H24O5/c1-3-8-14(9-4-1)17-21-20-16-12-7-13-18(19-16,23-22-17)15-10-5-2-6-11-15/h2,5-6,10-11,14,16-17H,1,3-4,7-9,12-13H2/t16-,17-,18-/m1/s1. The summed E-state index contributed by atoms with van der Waals surface area (Å²) in [5, 5.41) is 0. The van der Waals surface area contributed by atoms with E-state index in [0.717, 1.165) is 37.7 Å². The van der Waals surface area contributed by atoms with Crippen LogP contribution in [0.25, 0.3) is 0 Å². The molecule has 2 heterocycles. The SMILES string of the molecule is c1ccc([C@@]23CCC[C@@H](OO[C@@H](C4CCCCC4)OO2)O3)cc1. The molecule has 0 radical (unpaired) electrons. The number of ether oxygens (including phenoxy) is 1. The van der Waals surface area contributed by atoms with Crippen LogP contribution in [0.3, 0.4) is 0 Å². The molecule has 5 nitrogen and oxygen atoms in total. The van der Waals surface area contributed by atoms with Gasteiger partial charge in [0.2, 0.25) is 12.1 Å². The molecule has 3 atom stereocenters. The molecule has 1 aromatic rings. The van der Waals surface area contributed by atoms with Crippen LogP contribution in [0.1, 0.15) is 56.9 Å². The second-order valence-electron chi connectivity index (χ2n) is 6.70. The van der Waals surface area contributed by atoms with E-state index in [4.69, 9.17) is 24.3 Å². The quantitative estimate of drug-likeness (QED) is 0.765. The van der Waals surface area contributed by atoms with Gasteiger partial charge < -0.3 is 4.74 Å². The van der Waals surface area contributed by atoms with Crippen molar-refractivity contribution in [3.8, 4) is 0 Å². The summed E-state index contributed by atoms with van der Waals surface area (Å²) in [5.41, 5.74) is 0.956. The highest BCUT2D eigenvalue weighted by molar-refractivity contribution is 5.20. The minimum absolute atomic E-state index is 0.315. The third-order valence-electron chi connectivity index (χ3n) is 5.05. The molecule has 0 N–H and O–H groups in total. The Hall–Kier alpha value is -0.980. The maximum absolute atomic E-state index is 6.04. The summed E-state index contributed by atoms with van der Waals surface area (Å²) in [6.07, 6.45) is 7.44. The van der Waals surface area contributed by atoms with Crippen molar-refractivity contribution < 1.29 is 24.3 Å². The summed E-state index contributed by atoms with van der Waals surface area (Å²) in [6.45, 7) is 0. The van der Waals surface area contributed by atoms with Crippen molar-refractivity contribution in [3.05, 3.63) is 35.9 Å². The molecule has 3 fully saturated rings. The zero-order chi connectivity index (χ0) is 15.5. The molecule has 0 unspecified atom stereocenters. The lowest BCUT2D eigenvalue weighted by Crippen LogP contribution is -2.46. The number of benzene rings is 1. The Balaban J connectivity index is 1.55. The van der Waals surface area contributed by atoms with Gasteiger partial charge in [-0.05, 0) is 19.3 Å². The molecular formula is C18H24O5. The molecule has 126 valence electrons. The fourth-order valence-corrected chi connectivity index (χ4v) is 3.73. The van der Waals surface area contributed by atoms with Gasteiger partial charge >= 0.3 is 0 Å². The van der Waals surface area contributed by atoms with Crippen molar-refractivity contribution in [3.63, 3.8) is 0 Å². The van der Waals surface area contributed by atoms with Crippen molar-refractivity contribution in [2.75, 3.05) is 0 Å². The van der Waals surface area contributed by atoms with Crippen LogP contribution in [0, 0.1) is 5.92 Å². The summed E-state index contributed by atoms with van der Waals surface area (Å²) in [7, 11) is 0. The predicted octanol–water partition coefficient (Wildman–Crippen LogP) is 4.18. The highest BCUT2D eigenvalue weighted by Gasteiger charge is 2.45. The summed E-state index contributed by atoms with van der Waals surface area (Å²) < 4.78 is 6.04. The van der Waals surface area contributed by atoms with Crippen molar-refractivity contribution in [2.24, 2.45) is 5.92 Å². The Morgan fingerprint density at radius 3 is 2.48 bits per heavy atom. The zero-order valence-electron chi connectivity index (χ0n) is 13.3. The lowest BCUT2D eigenvalue weighted by atomic mass is 9.89. The summed E-state index contributed by atoms with van der Waals surface area (Å²) in [6, 6.07) is 9.95. The molecule has 1 aliphatic carbocycles. The van der Waals surface area contributed by atoms with Gasteiger partial charge in [-0.15, -0.1) is 0 Å². The van der Waals surface area contributed by atoms with Gasteiger partial charge in [-0.3, -0.25) is 0 Å². The molecular weight excluding hydrogens is 296 g/mol. The van der Waals surface area contributed by atoms with Crippen LogP contribution < -0.4 is 0 Å². The van der Waals surface area contributed by atoms with Gasteiger partial charge in [0.15, 0.2) is 6.29 Å². The molecule has 3 aliphatic rings. The van der Waals surface area contributed by atoms with Crippen LogP contribution in [-0.2, 0) is 30.1 Å². The second kappa shape index (κ2) is 6.87. The molecule has 2 aliphatic heterocycles. The van der Waals surface area contributed by atoms with E-state index >= 15 is 0 Å². The van der Waals surface area contributed by atoms with Crippen LogP contribution in [-0.4, -0.2) is 12.6 Å². The summed E-state index contributed by atoms with van der Waals surface area (Å²) in [4.78, 5) is 22.6. The van der Waals surface area contributed by atoms with Gasteiger partial charge in [-0.25, -0.2) is 4.89 Å². The molecule has 23 heavy (non-hydrogen) atoms. The molecule has 1 saturated carbocycles.